The molecule has 0 aliphatic carbocycles. The summed E-state index contributed by atoms with van der Waals surface area (Å²) in [6.45, 7) is 3.54. The third kappa shape index (κ3) is 4.04. The van der Waals surface area contributed by atoms with Crippen LogP contribution in [0.1, 0.15) is 23.2 Å². The van der Waals surface area contributed by atoms with Crippen LogP contribution >= 0.6 is 0 Å². The van der Waals surface area contributed by atoms with Gasteiger partial charge >= 0.3 is 0 Å². The third-order valence-corrected chi connectivity index (χ3v) is 6.49. The molecule has 5 rings (SSSR count). The van der Waals surface area contributed by atoms with Gasteiger partial charge in [-0.25, -0.2) is 9.37 Å². The van der Waals surface area contributed by atoms with Crippen LogP contribution in [0.15, 0.2) is 66.2 Å². The van der Waals surface area contributed by atoms with Gasteiger partial charge in [-0.2, -0.15) is 0 Å². The van der Waals surface area contributed by atoms with Gasteiger partial charge in [-0.1, -0.05) is 29.4 Å². The van der Waals surface area contributed by atoms with Crippen LogP contribution in [-0.4, -0.2) is 42.2 Å². The largest absolute Gasteiger partial charge is 0.495 e. The number of ether oxygens (including phenoxy) is 2. The lowest BCUT2D eigenvalue weighted by molar-refractivity contribution is -0.0458. The first-order chi connectivity index (χ1) is 16.1. The van der Waals surface area contributed by atoms with Crippen LogP contribution in [0.5, 0.6) is 5.75 Å². The Labute approximate surface area is 192 Å². The Bertz CT molecular complexity index is 1200. The normalized spacial score (nSPS) is 22.5. The maximum absolute atomic E-state index is 13.5. The van der Waals surface area contributed by atoms with Crippen molar-refractivity contribution in [2.75, 3.05) is 26.9 Å². The predicted molar refractivity (Wildman–Crippen MR) is 124 cm³/mol. The molecule has 0 N–H and O–H groups in total. The molecule has 3 heterocycles. The van der Waals surface area contributed by atoms with Crippen LogP contribution < -0.4 is 4.74 Å². The molecule has 2 aromatic carbocycles. The summed E-state index contributed by atoms with van der Waals surface area (Å²) in [4.78, 5) is 9.98. The molecular weight excluding hydrogens is 421 g/mol. The smallest absolute Gasteiger partial charge is 0.143 e. The van der Waals surface area contributed by atoms with E-state index in [-0.39, 0.29) is 17.2 Å². The molecule has 2 atom stereocenters. The van der Waals surface area contributed by atoms with E-state index in [4.69, 9.17) is 14.3 Å². The van der Waals surface area contributed by atoms with Crippen LogP contribution in [0.4, 0.5) is 4.39 Å². The van der Waals surface area contributed by atoms with Crippen molar-refractivity contribution in [2.24, 2.45) is 11.1 Å². The number of aromatic nitrogens is 2. The first-order valence-corrected chi connectivity index (χ1v) is 11.0. The highest BCUT2D eigenvalue weighted by Gasteiger charge is 2.48. The van der Waals surface area contributed by atoms with Crippen LogP contribution in [0.3, 0.4) is 0 Å². The summed E-state index contributed by atoms with van der Waals surface area (Å²) in [6, 6.07) is 12.7. The highest BCUT2D eigenvalue weighted by Crippen LogP contribution is 2.42. The van der Waals surface area contributed by atoms with Crippen molar-refractivity contribution >= 4 is 11.8 Å². The molecule has 1 saturated heterocycles. The van der Waals surface area contributed by atoms with Gasteiger partial charge in [0.1, 0.15) is 18.2 Å². The summed E-state index contributed by atoms with van der Waals surface area (Å²) < 4.78 is 27.0. The van der Waals surface area contributed by atoms with Gasteiger partial charge in [-0.3, -0.25) is 0 Å². The van der Waals surface area contributed by atoms with Crippen molar-refractivity contribution in [2.45, 2.75) is 18.8 Å². The Hall–Kier alpha value is -3.45. The lowest BCUT2D eigenvalue weighted by Gasteiger charge is -2.45. The summed E-state index contributed by atoms with van der Waals surface area (Å²) in [5, 5.41) is 4.38. The monoisotopic (exact) mass is 447 g/mol. The summed E-state index contributed by atoms with van der Waals surface area (Å²) in [7, 11) is 1.66. The molecule has 7 heteroatoms. The van der Waals surface area contributed by atoms with Gasteiger partial charge in [0.15, 0.2) is 0 Å². The van der Waals surface area contributed by atoms with Crippen LogP contribution in [0.25, 0.3) is 11.8 Å². The second kappa shape index (κ2) is 8.83. The molecule has 170 valence electrons. The topological polar surface area (TPSA) is 57.9 Å². The van der Waals surface area contributed by atoms with E-state index in [1.807, 2.05) is 60.2 Å². The van der Waals surface area contributed by atoms with E-state index < -0.39 is 0 Å². The third-order valence-electron chi connectivity index (χ3n) is 6.49. The van der Waals surface area contributed by atoms with Gasteiger partial charge in [0, 0.05) is 18.7 Å². The van der Waals surface area contributed by atoms with Crippen molar-refractivity contribution < 1.29 is 18.7 Å². The van der Waals surface area contributed by atoms with Gasteiger partial charge in [0.05, 0.1) is 42.6 Å². The molecule has 0 saturated carbocycles. The number of hydrogen-bond donors (Lipinski definition) is 0. The zero-order valence-corrected chi connectivity index (χ0v) is 18.7. The molecule has 33 heavy (non-hydrogen) atoms. The molecule has 0 radical (unpaired) electrons. The number of aryl methyl sites for hydroxylation is 1. The number of benzene rings is 2. The highest BCUT2D eigenvalue weighted by atomic mass is 19.1. The van der Waals surface area contributed by atoms with Gasteiger partial charge < -0.3 is 18.9 Å². The second-order valence-electron chi connectivity index (χ2n) is 8.53. The summed E-state index contributed by atoms with van der Waals surface area (Å²) in [5.41, 5.74) is 4.35. The Morgan fingerprint density at radius 2 is 2.00 bits per heavy atom. The van der Waals surface area contributed by atoms with Gasteiger partial charge in [-0.05, 0) is 54.8 Å². The van der Waals surface area contributed by atoms with Crippen molar-refractivity contribution in [3.8, 4) is 11.4 Å². The molecule has 3 aromatic rings. The molecule has 1 aromatic heterocycles. The quantitative estimate of drug-likeness (QED) is 0.569. The van der Waals surface area contributed by atoms with E-state index >= 15 is 0 Å². The lowest BCUT2D eigenvalue weighted by atomic mass is 9.66. The van der Waals surface area contributed by atoms with E-state index in [2.05, 4.69) is 10.1 Å². The SMILES string of the molecule is COc1cc(/C=C/C2=NOCC3(c4ccc(F)cc4)COCCC23)ccc1-n1cnc(C)c1. The maximum atomic E-state index is 13.5. The number of fused-ring (bicyclic) bond motifs is 1. The number of oxime groups is 1. The number of hydrogen-bond acceptors (Lipinski definition) is 5. The van der Waals surface area contributed by atoms with E-state index in [0.717, 1.165) is 40.4 Å². The van der Waals surface area contributed by atoms with Gasteiger partial charge in [0.25, 0.3) is 0 Å². The summed E-state index contributed by atoms with van der Waals surface area (Å²) >= 11 is 0. The molecule has 0 bridgehead atoms. The summed E-state index contributed by atoms with van der Waals surface area (Å²) in [5.74, 6) is 0.622. The Morgan fingerprint density at radius 1 is 1.15 bits per heavy atom. The molecule has 0 amide bonds. The molecule has 0 spiro atoms. The number of allylic oxidation sites excluding steroid dienone is 1. The Kier molecular flexibility index (Phi) is 5.72. The highest BCUT2D eigenvalue weighted by molar-refractivity contribution is 6.01. The zero-order chi connectivity index (χ0) is 22.8. The zero-order valence-electron chi connectivity index (χ0n) is 18.7. The fourth-order valence-electron chi connectivity index (χ4n) is 4.73. The minimum atomic E-state index is -0.381. The fourth-order valence-corrected chi connectivity index (χ4v) is 4.73. The van der Waals surface area contributed by atoms with E-state index in [1.165, 1.54) is 12.1 Å². The van der Waals surface area contributed by atoms with Crippen LogP contribution in [0, 0.1) is 18.7 Å². The summed E-state index contributed by atoms with van der Waals surface area (Å²) in [6.07, 6.45) is 8.58. The molecule has 2 aliphatic rings. The minimum Gasteiger partial charge on any atom is -0.495 e. The lowest BCUT2D eigenvalue weighted by Crippen LogP contribution is -2.52. The van der Waals surface area contributed by atoms with E-state index in [1.54, 1.807) is 13.4 Å². The van der Waals surface area contributed by atoms with Crippen LogP contribution in [0.2, 0.25) is 0 Å². The van der Waals surface area contributed by atoms with Crippen molar-refractivity contribution in [3.63, 3.8) is 0 Å². The molecule has 1 fully saturated rings. The van der Waals surface area contributed by atoms with Gasteiger partial charge in [-0.15, -0.1) is 0 Å². The first kappa shape index (κ1) is 21.4. The van der Waals surface area contributed by atoms with Crippen molar-refractivity contribution in [1.82, 2.24) is 9.55 Å². The standard InChI is InChI=1S/C26H26FN3O3/c1-18-14-30(17-28-18)24-10-4-19(13-25(24)31-2)3-9-23-22-11-12-32-15-26(22,16-33-29-23)20-5-7-21(27)8-6-20/h3-10,13-14,17,22H,11-12,15-16H2,1-2H3/b9-3+. The molecule has 6 nitrogen and oxygen atoms in total. The average molecular weight is 448 g/mol. The second-order valence-corrected chi connectivity index (χ2v) is 8.53. The maximum Gasteiger partial charge on any atom is 0.143 e. The Balaban J connectivity index is 1.43. The van der Waals surface area contributed by atoms with E-state index in [9.17, 15) is 4.39 Å². The van der Waals surface area contributed by atoms with Gasteiger partial charge in [0.2, 0.25) is 0 Å². The molecule has 2 aliphatic heterocycles. The van der Waals surface area contributed by atoms with Crippen molar-refractivity contribution in [3.05, 3.63) is 83.7 Å². The predicted octanol–water partition coefficient (Wildman–Crippen LogP) is 4.70. The number of rotatable bonds is 5. The Morgan fingerprint density at radius 3 is 2.76 bits per heavy atom. The minimum absolute atomic E-state index is 0.122. The van der Waals surface area contributed by atoms with E-state index in [0.29, 0.717) is 19.8 Å². The van der Waals surface area contributed by atoms with Crippen molar-refractivity contribution in [1.29, 1.82) is 0 Å². The number of nitrogens with zero attached hydrogens (tertiary/aromatic N) is 3. The first-order valence-electron chi connectivity index (χ1n) is 11.0. The number of imidazole rings is 1. The molecular formula is C26H26FN3O3. The van der Waals surface area contributed by atoms with Crippen LogP contribution in [-0.2, 0) is 15.0 Å². The number of halogens is 1. The average Bonchev–Trinajstić information content (AvgIpc) is 3.28. The fraction of sp³-hybridized carbons (Fsp3) is 0.308. The number of methoxy groups -OCH3 is 1. The molecule has 2 unspecified atom stereocenters.